The zero-order valence-corrected chi connectivity index (χ0v) is 11.9. The third-order valence-electron chi connectivity index (χ3n) is 2.17. The Morgan fingerprint density at radius 1 is 1.47 bits per heavy atom. The molecule has 1 aromatic heterocycles. The fourth-order valence-electron chi connectivity index (χ4n) is 1.24. The lowest BCUT2D eigenvalue weighted by Gasteiger charge is -2.07. The lowest BCUT2D eigenvalue weighted by Crippen LogP contribution is -2.31. The van der Waals surface area contributed by atoms with Crippen LogP contribution in [-0.4, -0.2) is 51.5 Å². The van der Waals surface area contributed by atoms with Gasteiger partial charge in [0.05, 0.1) is 24.7 Å². The number of carbonyl (C=O) groups excluding carboxylic acids is 2. The van der Waals surface area contributed by atoms with Crippen molar-refractivity contribution in [2.24, 2.45) is 0 Å². The molecule has 106 valence electrons. The molecule has 19 heavy (non-hydrogen) atoms. The van der Waals surface area contributed by atoms with Gasteiger partial charge in [-0.2, -0.15) is 0 Å². The van der Waals surface area contributed by atoms with Gasteiger partial charge in [0.2, 0.25) is 5.91 Å². The van der Waals surface area contributed by atoms with Gasteiger partial charge in [0, 0.05) is 0 Å². The standard InChI is InChI=1S/C10H17N5O3S/c1-7(2)15-8(12-13-14-15)5-19-6-9(16)11-4-10(17)18-3/h7H,4-6H2,1-3H3,(H,11,16). The van der Waals surface area contributed by atoms with Crippen molar-refractivity contribution in [3.63, 3.8) is 0 Å². The van der Waals surface area contributed by atoms with E-state index < -0.39 is 5.97 Å². The average molecular weight is 287 g/mol. The first kappa shape index (κ1) is 15.4. The molecule has 0 unspecified atom stereocenters. The van der Waals surface area contributed by atoms with Crippen molar-refractivity contribution in [2.75, 3.05) is 19.4 Å². The molecule has 0 bridgehead atoms. The SMILES string of the molecule is COC(=O)CNC(=O)CSCc1nnnn1C(C)C. The molecular weight excluding hydrogens is 270 g/mol. The van der Waals surface area contributed by atoms with Crippen LogP contribution in [0.2, 0.25) is 0 Å². The Balaban J connectivity index is 2.28. The van der Waals surface area contributed by atoms with Crippen molar-refractivity contribution >= 4 is 23.6 Å². The van der Waals surface area contributed by atoms with Crippen LogP contribution in [0.1, 0.15) is 25.7 Å². The molecule has 0 saturated heterocycles. The van der Waals surface area contributed by atoms with Gasteiger partial charge in [0.15, 0.2) is 5.82 Å². The molecular formula is C10H17N5O3S. The second kappa shape index (κ2) is 7.72. The lowest BCUT2D eigenvalue weighted by atomic mass is 10.4. The first-order valence-electron chi connectivity index (χ1n) is 5.72. The number of ether oxygens (including phenoxy) is 1. The van der Waals surface area contributed by atoms with Crippen molar-refractivity contribution in [2.45, 2.75) is 25.6 Å². The van der Waals surface area contributed by atoms with Gasteiger partial charge in [-0.1, -0.05) is 0 Å². The number of aromatic nitrogens is 4. The summed E-state index contributed by atoms with van der Waals surface area (Å²) in [5.74, 6) is 0.806. The highest BCUT2D eigenvalue weighted by Gasteiger charge is 2.10. The molecule has 1 amide bonds. The van der Waals surface area contributed by atoms with Crippen LogP contribution in [-0.2, 0) is 20.1 Å². The smallest absolute Gasteiger partial charge is 0.325 e. The monoisotopic (exact) mass is 287 g/mol. The maximum absolute atomic E-state index is 11.4. The number of nitrogens with zero attached hydrogens (tertiary/aromatic N) is 4. The molecule has 0 aliphatic carbocycles. The van der Waals surface area contributed by atoms with E-state index in [0.29, 0.717) is 5.75 Å². The minimum atomic E-state index is -0.470. The molecule has 0 atom stereocenters. The minimum absolute atomic E-state index is 0.111. The molecule has 0 aliphatic heterocycles. The normalized spacial score (nSPS) is 10.5. The van der Waals surface area contributed by atoms with E-state index in [-0.39, 0.29) is 24.2 Å². The molecule has 0 aromatic carbocycles. The number of methoxy groups -OCH3 is 1. The Bertz CT molecular complexity index is 435. The zero-order chi connectivity index (χ0) is 14.3. The molecule has 1 heterocycles. The number of thioether (sulfide) groups is 1. The Hall–Kier alpha value is -1.64. The van der Waals surface area contributed by atoms with Gasteiger partial charge in [0.25, 0.3) is 0 Å². The molecule has 1 rings (SSSR count). The number of hydrogen-bond donors (Lipinski definition) is 1. The van der Waals surface area contributed by atoms with Crippen LogP contribution in [0.3, 0.4) is 0 Å². The summed E-state index contributed by atoms with van der Waals surface area (Å²) in [6.45, 7) is 3.85. The Labute approximate surface area is 115 Å². The predicted octanol–water partition coefficient (Wildman–Crippen LogP) is -0.224. The highest BCUT2D eigenvalue weighted by Crippen LogP contribution is 2.11. The molecule has 0 radical (unpaired) electrons. The zero-order valence-electron chi connectivity index (χ0n) is 11.1. The van der Waals surface area contributed by atoms with Gasteiger partial charge in [0.1, 0.15) is 6.54 Å². The summed E-state index contributed by atoms with van der Waals surface area (Å²) in [6.07, 6.45) is 0. The van der Waals surface area contributed by atoms with E-state index in [0.717, 1.165) is 5.82 Å². The number of amides is 1. The van der Waals surface area contributed by atoms with Gasteiger partial charge in [-0.3, -0.25) is 9.59 Å². The third kappa shape index (κ3) is 5.25. The van der Waals surface area contributed by atoms with Crippen molar-refractivity contribution in [1.29, 1.82) is 0 Å². The number of nitrogens with one attached hydrogen (secondary N) is 1. The highest BCUT2D eigenvalue weighted by molar-refractivity contribution is 7.99. The Morgan fingerprint density at radius 2 is 2.21 bits per heavy atom. The number of rotatable bonds is 7. The molecule has 1 N–H and O–H groups in total. The maximum atomic E-state index is 11.4. The van der Waals surface area contributed by atoms with E-state index in [1.165, 1.54) is 18.9 Å². The molecule has 0 saturated carbocycles. The van der Waals surface area contributed by atoms with E-state index >= 15 is 0 Å². The second-order valence-corrected chi connectivity index (χ2v) is 4.96. The maximum Gasteiger partial charge on any atom is 0.325 e. The van der Waals surface area contributed by atoms with Gasteiger partial charge in [-0.05, 0) is 24.3 Å². The summed E-state index contributed by atoms with van der Waals surface area (Å²) >= 11 is 1.38. The van der Waals surface area contributed by atoms with Crippen LogP contribution < -0.4 is 5.32 Å². The highest BCUT2D eigenvalue weighted by atomic mass is 32.2. The summed E-state index contributed by atoms with van der Waals surface area (Å²) in [6, 6.07) is 0.179. The molecule has 8 nitrogen and oxygen atoms in total. The molecule has 0 spiro atoms. The summed E-state index contributed by atoms with van der Waals surface area (Å²) in [5.41, 5.74) is 0. The average Bonchev–Trinajstić information content (AvgIpc) is 2.84. The summed E-state index contributed by atoms with van der Waals surface area (Å²) < 4.78 is 6.12. The van der Waals surface area contributed by atoms with E-state index in [2.05, 4.69) is 25.6 Å². The van der Waals surface area contributed by atoms with Crippen molar-refractivity contribution in [3.05, 3.63) is 5.82 Å². The number of hydrogen-bond acceptors (Lipinski definition) is 7. The van der Waals surface area contributed by atoms with E-state index in [9.17, 15) is 9.59 Å². The molecule has 0 aliphatic rings. The summed E-state index contributed by atoms with van der Waals surface area (Å²) in [4.78, 5) is 22.2. The number of tetrazole rings is 1. The van der Waals surface area contributed by atoms with Crippen LogP contribution in [0, 0.1) is 0 Å². The van der Waals surface area contributed by atoms with Crippen LogP contribution in [0.15, 0.2) is 0 Å². The van der Waals surface area contributed by atoms with Crippen molar-refractivity contribution < 1.29 is 14.3 Å². The van der Waals surface area contributed by atoms with Crippen molar-refractivity contribution in [1.82, 2.24) is 25.5 Å². The predicted molar refractivity (Wildman–Crippen MR) is 69.4 cm³/mol. The first-order valence-corrected chi connectivity index (χ1v) is 6.88. The van der Waals surface area contributed by atoms with E-state index in [1.54, 1.807) is 4.68 Å². The minimum Gasteiger partial charge on any atom is -0.468 e. The van der Waals surface area contributed by atoms with Crippen molar-refractivity contribution in [3.8, 4) is 0 Å². The van der Waals surface area contributed by atoms with Crippen LogP contribution in [0.5, 0.6) is 0 Å². The second-order valence-electron chi connectivity index (χ2n) is 3.98. The topological polar surface area (TPSA) is 99.0 Å². The third-order valence-corrected chi connectivity index (χ3v) is 3.10. The van der Waals surface area contributed by atoms with Crippen LogP contribution in [0.4, 0.5) is 0 Å². The molecule has 1 aromatic rings. The summed E-state index contributed by atoms with van der Waals surface area (Å²) in [7, 11) is 1.27. The fourth-order valence-corrected chi connectivity index (χ4v) is 2.00. The molecule has 9 heteroatoms. The quantitative estimate of drug-likeness (QED) is 0.692. The van der Waals surface area contributed by atoms with Gasteiger partial charge >= 0.3 is 5.97 Å². The lowest BCUT2D eigenvalue weighted by molar-refractivity contribution is -0.140. The Kier molecular flexibility index (Phi) is 6.26. The first-order chi connectivity index (χ1) is 9.04. The van der Waals surface area contributed by atoms with Gasteiger partial charge in [-0.25, -0.2) is 4.68 Å². The van der Waals surface area contributed by atoms with Gasteiger partial charge < -0.3 is 10.1 Å². The van der Waals surface area contributed by atoms with Crippen LogP contribution >= 0.6 is 11.8 Å². The Morgan fingerprint density at radius 3 is 2.84 bits per heavy atom. The molecule has 0 fully saturated rings. The fraction of sp³-hybridized carbons (Fsp3) is 0.700. The van der Waals surface area contributed by atoms with Crippen LogP contribution in [0.25, 0.3) is 0 Å². The number of carbonyl (C=O) groups is 2. The largest absolute Gasteiger partial charge is 0.468 e. The van der Waals surface area contributed by atoms with E-state index in [1.807, 2.05) is 13.8 Å². The van der Waals surface area contributed by atoms with E-state index in [4.69, 9.17) is 0 Å². The van der Waals surface area contributed by atoms with Gasteiger partial charge in [-0.15, -0.1) is 16.9 Å². The summed E-state index contributed by atoms with van der Waals surface area (Å²) in [5, 5.41) is 13.8. The number of esters is 1.